The third-order valence-corrected chi connectivity index (χ3v) is 5.54. The van der Waals surface area contributed by atoms with E-state index in [0.29, 0.717) is 5.56 Å². The van der Waals surface area contributed by atoms with E-state index in [1.54, 1.807) is 6.07 Å². The molecule has 2 unspecified atom stereocenters. The summed E-state index contributed by atoms with van der Waals surface area (Å²) in [5.41, 5.74) is 0.685. The van der Waals surface area contributed by atoms with Gasteiger partial charge in [-0.25, -0.2) is 8.42 Å². The number of aliphatic hydroxyl groups is 1. The molecule has 0 fully saturated rings. The number of sulfone groups is 1. The predicted octanol–water partition coefficient (Wildman–Crippen LogP) is 2.29. The molecule has 0 spiro atoms. The molecule has 1 heterocycles. The lowest BCUT2D eigenvalue weighted by Gasteiger charge is -2.16. The molecule has 0 saturated carbocycles. The van der Waals surface area contributed by atoms with Gasteiger partial charge in [0.05, 0.1) is 15.1 Å². The second-order valence-electron chi connectivity index (χ2n) is 3.54. The minimum Gasteiger partial charge on any atom is -0.387 e. The smallest absolute Gasteiger partial charge is 0.152 e. The van der Waals surface area contributed by atoms with Crippen LogP contribution < -0.4 is 0 Å². The summed E-state index contributed by atoms with van der Waals surface area (Å²) >= 11 is 4.80. The predicted molar refractivity (Wildman–Crippen MR) is 66.0 cm³/mol. The second-order valence-corrected chi connectivity index (χ2v) is 8.58. The van der Waals surface area contributed by atoms with Gasteiger partial charge in [-0.1, -0.05) is 0 Å². The first-order valence-electron chi connectivity index (χ1n) is 4.36. The topological polar surface area (TPSA) is 54.4 Å². The summed E-state index contributed by atoms with van der Waals surface area (Å²) in [5, 5.41) is 9.15. The molecule has 0 bridgehead atoms. The first-order valence-corrected chi connectivity index (χ1v) is 7.92. The molecule has 86 valence electrons. The Morgan fingerprint density at radius 3 is 2.40 bits per heavy atom. The van der Waals surface area contributed by atoms with Crippen LogP contribution in [0.2, 0.25) is 0 Å². The lowest BCUT2D eigenvalue weighted by molar-refractivity contribution is 0.176. The molecule has 0 aliphatic heterocycles. The largest absolute Gasteiger partial charge is 0.387 e. The van der Waals surface area contributed by atoms with E-state index in [1.807, 2.05) is 6.92 Å². The van der Waals surface area contributed by atoms with E-state index < -0.39 is 21.2 Å². The highest BCUT2D eigenvalue weighted by atomic mass is 79.9. The number of thiophene rings is 1. The van der Waals surface area contributed by atoms with Crippen molar-refractivity contribution < 1.29 is 13.5 Å². The van der Waals surface area contributed by atoms with Gasteiger partial charge in [0, 0.05) is 11.1 Å². The van der Waals surface area contributed by atoms with Crippen molar-refractivity contribution in [3.63, 3.8) is 0 Å². The zero-order valence-electron chi connectivity index (χ0n) is 8.69. The van der Waals surface area contributed by atoms with Crippen molar-refractivity contribution in [2.24, 2.45) is 0 Å². The van der Waals surface area contributed by atoms with Gasteiger partial charge in [0.25, 0.3) is 0 Å². The third kappa shape index (κ3) is 3.03. The average molecular weight is 313 g/mol. The summed E-state index contributed by atoms with van der Waals surface area (Å²) in [5.74, 6) is 0. The van der Waals surface area contributed by atoms with E-state index in [0.717, 1.165) is 14.9 Å². The highest BCUT2D eigenvalue weighted by Gasteiger charge is 2.27. The highest BCUT2D eigenvalue weighted by molar-refractivity contribution is 9.11. The summed E-state index contributed by atoms with van der Waals surface area (Å²) in [7, 11) is -3.22. The van der Waals surface area contributed by atoms with Crippen molar-refractivity contribution in [1.29, 1.82) is 0 Å². The van der Waals surface area contributed by atoms with Crippen LogP contribution in [0.3, 0.4) is 0 Å². The molecule has 6 heteroatoms. The molecule has 1 N–H and O–H groups in total. The Morgan fingerprint density at radius 2 is 2.07 bits per heavy atom. The molecule has 0 amide bonds. The quantitative estimate of drug-likeness (QED) is 0.931. The van der Waals surface area contributed by atoms with Crippen molar-refractivity contribution in [2.75, 3.05) is 6.26 Å². The fourth-order valence-corrected chi connectivity index (χ4v) is 3.61. The maximum absolute atomic E-state index is 11.3. The molecule has 0 saturated heterocycles. The number of hydrogen-bond donors (Lipinski definition) is 1. The molecule has 15 heavy (non-hydrogen) atoms. The summed E-state index contributed by atoms with van der Waals surface area (Å²) in [6, 6.07) is 1.77. The maximum Gasteiger partial charge on any atom is 0.152 e. The van der Waals surface area contributed by atoms with Crippen LogP contribution in [-0.4, -0.2) is 25.0 Å². The number of halogens is 1. The number of aliphatic hydroxyl groups excluding tert-OH is 1. The third-order valence-electron chi connectivity index (χ3n) is 2.36. The summed E-state index contributed by atoms with van der Waals surface area (Å²) in [6.45, 7) is 3.38. The first-order chi connectivity index (χ1) is 6.73. The van der Waals surface area contributed by atoms with Gasteiger partial charge in [0.2, 0.25) is 0 Å². The maximum atomic E-state index is 11.3. The normalized spacial score (nSPS) is 16.3. The molecule has 1 rings (SSSR count). The van der Waals surface area contributed by atoms with Crippen LogP contribution in [0.25, 0.3) is 0 Å². The Kier molecular flexibility index (Phi) is 3.97. The van der Waals surface area contributed by atoms with Crippen LogP contribution in [0, 0.1) is 6.92 Å². The van der Waals surface area contributed by atoms with E-state index in [2.05, 4.69) is 15.9 Å². The molecular weight excluding hydrogens is 300 g/mol. The van der Waals surface area contributed by atoms with E-state index in [4.69, 9.17) is 0 Å². The van der Waals surface area contributed by atoms with Crippen molar-refractivity contribution in [2.45, 2.75) is 25.2 Å². The second kappa shape index (κ2) is 4.53. The monoisotopic (exact) mass is 312 g/mol. The van der Waals surface area contributed by atoms with E-state index in [-0.39, 0.29) is 0 Å². The van der Waals surface area contributed by atoms with Crippen LogP contribution in [0.15, 0.2) is 9.85 Å². The lowest BCUT2D eigenvalue weighted by Crippen LogP contribution is -2.24. The van der Waals surface area contributed by atoms with Gasteiger partial charge in [0.15, 0.2) is 9.84 Å². The fraction of sp³-hybridized carbons (Fsp3) is 0.556. The zero-order valence-corrected chi connectivity index (χ0v) is 11.9. The Balaban J connectivity index is 3.05. The zero-order chi connectivity index (χ0) is 11.8. The number of hydrogen-bond acceptors (Lipinski definition) is 4. The lowest BCUT2D eigenvalue weighted by atomic mass is 10.1. The van der Waals surface area contributed by atoms with Gasteiger partial charge >= 0.3 is 0 Å². The molecule has 0 aromatic carbocycles. The van der Waals surface area contributed by atoms with Crippen molar-refractivity contribution >= 4 is 37.1 Å². The molecule has 1 aromatic rings. The highest BCUT2D eigenvalue weighted by Crippen LogP contribution is 2.33. The molecule has 0 aliphatic rings. The number of rotatable bonds is 3. The van der Waals surface area contributed by atoms with Crippen LogP contribution in [0.4, 0.5) is 0 Å². The van der Waals surface area contributed by atoms with Gasteiger partial charge in [-0.15, -0.1) is 11.3 Å². The first kappa shape index (κ1) is 13.2. The summed E-state index contributed by atoms with van der Waals surface area (Å²) in [6.07, 6.45) is 0.181. The Labute approximate surface area is 102 Å². The molecule has 2 atom stereocenters. The van der Waals surface area contributed by atoms with E-state index in [9.17, 15) is 13.5 Å². The summed E-state index contributed by atoms with van der Waals surface area (Å²) < 4.78 is 23.5. The molecular formula is C9H13BrO3S2. The molecule has 0 radical (unpaired) electrons. The van der Waals surface area contributed by atoms with Gasteiger partial charge in [-0.2, -0.15) is 0 Å². The van der Waals surface area contributed by atoms with Gasteiger partial charge in [-0.05, 0) is 41.4 Å². The molecule has 1 aromatic heterocycles. The van der Waals surface area contributed by atoms with Crippen molar-refractivity contribution in [3.8, 4) is 0 Å². The van der Waals surface area contributed by atoms with Gasteiger partial charge in [0.1, 0.15) is 0 Å². The minimum absolute atomic E-state index is 0.685. The standard InChI is InChI=1S/C9H13BrO3S2/c1-5-7(4-8(10)14-5)9(11)6(2)15(3,12)13/h4,6,9,11H,1-3H3. The average Bonchev–Trinajstić information content (AvgIpc) is 2.41. The van der Waals surface area contributed by atoms with E-state index in [1.165, 1.54) is 18.3 Å². The molecule has 0 aliphatic carbocycles. The summed E-state index contributed by atoms with van der Waals surface area (Å²) in [4.78, 5) is 0.935. The van der Waals surface area contributed by atoms with Crippen LogP contribution in [-0.2, 0) is 9.84 Å². The van der Waals surface area contributed by atoms with Crippen LogP contribution in [0.1, 0.15) is 23.5 Å². The fourth-order valence-electron chi connectivity index (χ4n) is 1.24. The van der Waals surface area contributed by atoms with E-state index >= 15 is 0 Å². The minimum atomic E-state index is -3.22. The van der Waals surface area contributed by atoms with Gasteiger partial charge in [-0.3, -0.25) is 0 Å². The molecule has 3 nitrogen and oxygen atoms in total. The Bertz CT molecular complexity index is 450. The SMILES string of the molecule is Cc1sc(Br)cc1C(O)C(C)S(C)(=O)=O. The van der Waals surface area contributed by atoms with Crippen molar-refractivity contribution in [3.05, 3.63) is 20.3 Å². The Hall–Kier alpha value is 0.0900. The van der Waals surface area contributed by atoms with Gasteiger partial charge < -0.3 is 5.11 Å². The number of aryl methyl sites for hydroxylation is 1. The van der Waals surface area contributed by atoms with Crippen LogP contribution in [0.5, 0.6) is 0 Å². The van der Waals surface area contributed by atoms with Crippen LogP contribution >= 0.6 is 27.3 Å². The Morgan fingerprint density at radius 1 is 1.53 bits per heavy atom. The van der Waals surface area contributed by atoms with Crippen molar-refractivity contribution in [1.82, 2.24) is 0 Å².